The Kier molecular flexibility index (Phi) is 7.60. The fourth-order valence-corrected chi connectivity index (χ4v) is 9.85. The molecule has 13 rings (SSSR count). The van der Waals surface area contributed by atoms with Gasteiger partial charge in [0.1, 0.15) is 11.3 Å². The highest BCUT2D eigenvalue weighted by atomic mass is 16.5. The molecule has 288 valence electrons. The van der Waals surface area contributed by atoms with Crippen LogP contribution in [0.5, 0.6) is 11.5 Å². The lowest BCUT2D eigenvalue weighted by Gasteiger charge is -2.23. The summed E-state index contributed by atoms with van der Waals surface area (Å²) in [6, 6.07) is 78.9. The summed E-state index contributed by atoms with van der Waals surface area (Å²) in [5.74, 6) is 2.54. The normalized spacial score (nSPS) is 12.0. The summed E-state index contributed by atoms with van der Waals surface area (Å²) in [4.78, 5) is 5.10. The van der Waals surface area contributed by atoms with Gasteiger partial charge in [-0.1, -0.05) is 182 Å². The van der Waals surface area contributed by atoms with Crippen molar-refractivity contribution in [1.82, 2.24) is 9.55 Å². The van der Waals surface area contributed by atoms with Crippen molar-refractivity contribution >= 4 is 54.1 Å². The van der Waals surface area contributed by atoms with Crippen molar-refractivity contribution in [2.45, 2.75) is 0 Å². The Balaban J connectivity index is 0.976. The average molecular weight is 789 g/mol. The van der Waals surface area contributed by atoms with Gasteiger partial charge < -0.3 is 4.74 Å². The van der Waals surface area contributed by atoms with Gasteiger partial charge in [0, 0.05) is 11.1 Å². The molecule has 0 unspecified atom stereocenters. The van der Waals surface area contributed by atoms with Crippen LogP contribution in [0.4, 0.5) is 0 Å². The Labute approximate surface area is 358 Å². The fraction of sp³-hybridized carbons (Fsp3) is 0. The zero-order valence-electron chi connectivity index (χ0n) is 33.6. The quantitative estimate of drug-likeness (QED) is 0.162. The van der Waals surface area contributed by atoms with E-state index >= 15 is 0 Å². The van der Waals surface area contributed by atoms with E-state index in [1.165, 1.54) is 70.9 Å². The Morgan fingerprint density at radius 1 is 0.355 bits per heavy atom. The van der Waals surface area contributed by atoms with Crippen molar-refractivity contribution in [3.63, 3.8) is 0 Å². The lowest BCUT2D eigenvalue weighted by molar-refractivity contribution is 0.477. The summed E-state index contributed by atoms with van der Waals surface area (Å²) >= 11 is 0. The molecule has 1 aliphatic heterocycles. The summed E-state index contributed by atoms with van der Waals surface area (Å²) < 4.78 is 9.03. The van der Waals surface area contributed by atoms with Crippen molar-refractivity contribution in [3.8, 4) is 73.1 Å². The number of fused-ring (bicyclic) bond motifs is 6. The molecule has 12 aromatic rings. The Hall–Kier alpha value is -8.27. The van der Waals surface area contributed by atoms with E-state index < -0.39 is 0 Å². The molecular weight excluding hydrogens is 753 g/mol. The second-order valence-electron chi connectivity index (χ2n) is 16.3. The maximum atomic E-state index is 6.77. The van der Waals surface area contributed by atoms with E-state index in [0.717, 1.165) is 56.3 Å². The molecule has 0 saturated carbocycles. The second kappa shape index (κ2) is 13.6. The number of para-hydroxylation sites is 2. The molecule has 0 spiro atoms. The van der Waals surface area contributed by atoms with Crippen LogP contribution in [-0.4, -0.2) is 9.55 Å². The van der Waals surface area contributed by atoms with E-state index in [9.17, 15) is 0 Å². The molecule has 11 aromatic carbocycles. The molecular formula is C59H36N2O. The Morgan fingerprint density at radius 2 is 0.919 bits per heavy atom. The number of aromatic nitrogens is 2. The van der Waals surface area contributed by atoms with Gasteiger partial charge in [-0.3, -0.25) is 4.57 Å². The standard InChI is InChI=1S/C59H36N2O/c1-2-14-41(15-3-1)59-60-52-21-11-23-54-57(52)61(59)53-22-10-20-47(58(53)62-54)40-28-24-39(25-29-40)44-32-33-50-51(36-44)56(46-31-27-38-13-5-7-17-43(38)35-46)49-19-9-8-18-48(49)55(50)45-30-26-37-12-4-6-16-42(37)34-45/h1-36H. The van der Waals surface area contributed by atoms with Gasteiger partial charge in [0.15, 0.2) is 11.5 Å². The van der Waals surface area contributed by atoms with Gasteiger partial charge in [-0.25, -0.2) is 4.98 Å². The van der Waals surface area contributed by atoms with Gasteiger partial charge >= 0.3 is 0 Å². The zero-order chi connectivity index (χ0) is 40.7. The van der Waals surface area contributed by atoms with Gasteiger partial charge in [0.05, 0.1) is 11.2 Å². The summed E-state index contributed by atoms with van der Waals surface area (Å²) in [5, 5.41) is 9.91. The molecule has 0 atom stereocenters. The molecule has 3 nitrogen and oxygen atoms in total. The van der Waals surface area contributed by atoms with Crippen LogP contribution in [0.2, 0.25) is 0 Å². The molecule has 1 aliphatic rings. The molecule has 62 heavy (non-hydrogen) atoms. The van der Waals surface area contributed by atoms with Crippen LogP contribution in [0.1, 0.15) is 0 Å². The van der Waals surface area contributed by atoms with E-state index in [2.05, 4.69) is 205 Å². The number of imidazole rings is 1. The monoisotopic (exact) mass is 788 g/mol. The van der Waals surface area contributed by atoms with Crippen LogP contribution >= 0.6 is 0 Å². The molecule has 0 amide bonds. The van der Waals surface area contributed by atoms with Gasteiger partial charge in [0.2, 0.25) is 0 Å². The largest absolute Gasteiger partial charge is 0.452 e. The highest BCUT2D eigenvalue weighted by Gasteiger charge is 2.27. The lowest BCUT2D eigenvalue weighted by Crippen LogP contribution is -2.06. The highest BCUT2D eigenvalue weighted by Crippen LogP contribution is 2.49. The highest BCUT2D eigenvalue weighted by molar-refractivity contribution is 6.22. The lowest BCUT2D eigenvalue weighted by atomic mass is 9.84. The van der Waals surface area contributed by atoms with Crippen molar-refractivity contribution in [2.75, 3.05) is 0 Å². The molecule has 0 bridgehead atoms. The van der Waals surface area contributed by atoms with Gasteiger partial charge in [-0.2, -0.15) is 0 Å². The maximum Gasteiger partial charge on any atom is 0.159 e. The number of benzene rings is 11. The first-order chi connectivity index (χ1) is 30.7. The minimum absolute atomic E-state index is 0.808. The molecule has 0 N–H and O–H groups in total. The SMILES string of the molecule is c1ccc(-c2nc3cccc4c3n2-c2cccc(-c3ccc(-c5ccc6c(-c7ccc8ccccc8c7)c7ccccc7c(-c7ccc8ccccc8c7)c6c5)cc3)c2O4)cc1. The smallest absolute Gasteiger partial charge is 0.159 e. The first-order valence-electron chi connectivity index (χ1n) is 21.2. The summed E-state index contributed by atoms with van der Waals surface area (Å²) in [5.41, 5.74) is 13.3. The van der Waals surface area contributed by atoms with Crippen molar-refractivity contribution in [3.05, 3.63) is 218 Å². The topological polar surface area (TPSA) is 27.1 Å². The van der Waals surface area contributed by atoms with Crippen molar-refractivity contribution < 1.29 is 4.74 Å². The summed E-state index contributed by atoms with van der Waals surface area (Å²) in [6.45, 7) is 0. The molecule has 3 heteroatoms. The third kappa shape index (κ3) is 5.35. The minimum atomic E-state index is 0.808. The predicted octanol–water partition coefficient (Wildman–Crippen LogP) is 16.1. The van der Waals surface area contributed by atoms with E-state index in [0.29, 0.717) is 0 Å². The number of hydrogen-bond acceptors (Lipinski definition) is 2. The number of rotatable bonds is 5. The van der Waals surface area contributed by atoms with Crippen LogP contribution in [0.25, 0.3) is 116 Å². The van der Waals surface area contributed by atoms with Crippen LogP contribution in [-0.2, 0) is 0 Å². The molecule has 1 aromatic heterocycles. The van der Waals surface area contributed by atoms with Crippen molar-refractivity contribution in [2.24, 2.45) is 0 Å². The van der Waals surface area contributed by atoms with E-state index in [1.54, 1.807) is 0 Å². The van der Waals surface area contributed by atoms with E-state index in [4.69, 9.17) is 9.72 Å². The summed E-state index contributed by atoms with van der Waals surface area (Å²) in [7, 11) is 0. The van der Waals surface area contributed by atoms with Crippen molar-refractivity contribution in [1.29, 1.82) is 0 Å². The van der Waals surface area contributed by atoms with Crippen LogP contribution in [0.15, 0.2) is 218 Å². The Morgan fingerprint density at radius 3 is 1.63 bits per heavy atom. The third-order valence-corrected chi connectivity index (χ3v) is 12.7. The molecule has 0 saturated heterocycles. The first-order valence-corrected chi connectivity index (χ1v) is 21.2. The number of nitrogens with zero attached hydrogens (tertiary/aromatic N) is 2. The number of ether oxygens (including phenoxy) is 1. The molecule has 0 fully saturated rings. The van der Waals surface area contributed by atoms with E-state index in [-0.39, 0.29) is 0 Å². The van der Waals surface area contributed by atoms with Gasteiger partial charge in [-0.15, -0.1) is 0 Å². The van der Waals surface area contributed by atoms with Crippen LogP contribution in [0.3, 0.4) is 0 Å². The van der Waals surface area contributed by atoms with Crippen LogP contribution < -0.4 is 4.74 Å². The summed E-state index contributed by atoms with van der Waals surface area (Å²) in [6.07, 6.45) is 0. The maximum absolute atomic E-state index is 6.77. The van der Waals surface area contributed by atoms with Gasteiger partial charge in [-0.05, 0) is 118 Å². The number of hydrogen-bond donors (Lipinski definition) is 0. The van der Waals surface area contributed by atoms with Crippen LogP contribution in [0, 0.1) is 0 Å². The van der Waals surface area contributed by atoms with E-state index in [1.807, 2.05) is 18.2 Å². The Bertz CT molecular complexity index is 3770. The van der Waals surface area contributed by atoms with Gasteiger partial charge in [0.25, 0.3) is 0 Å². The minimum Gasteiger partial charge on any atom is -0.452 e. The predicted molar refractivity (Wildman–Crippen MR) is 258 cm³/mol. The third-order valence-electron chi connectivity index (χ3n) is 12.7. The second-order valence-corrected chi connectivity index (χ2v) is 16.3. The molecule has 0 aliphatic carbocycles. The zero-order valence-corrected chi connectivity index (χ0v) is 33.6. The molecule has 2 heterocycles. The average Bonchev–Trinajstić information content (AvgIpc) is 3.74. The fourth-order valence-electron chi connectivity index (χ4n) is 9.85. The molecule has 0 radical (unpaired) electrons. The first kappa shape index (κ1) is 34.6.